The highest BCUT2D eigenvalue weighted by Gasteiger charge is 2.22. The number of carbonyl (C=O) groups is 1. The zero-order chi connectivity index (χ0) is 14.5. The minimum absolute atomic E-state index is 0.0976. The highest BCUT2D eigenvalue weighted by Crippen LogP contribution is 2.22. The van der Waals surface area contributed by atoms with Crippen molar-refractivity contribution < 1.29 is 9.21 Å². The fourth-order valence-corrected chi connectivity index (χ4v) is 2.24. The average Bonchev–Trinajstić information content (AvgIpc) is 3.17. The van der Waals surface area contributed by atoms with E-state index in [2.05, 4.69) is 26.1 Å². The first-order valence-electron chi connectivity index (χ1n) is 6.97. The molecule has 1 fully saturated rings. The molecule has 1 aromatic carbocycles. The highest BCUT2D eigenvalue weighted by atomic mass is 16.4. The topological polar surface area (TPSA) is 92.1 Å². The normalized spacial score (nSPS) is 17.6. The van der Waals surface area contributed by atoms with E-state index in [9.17, 15) is 4.79 Å². The summed E-state index contributed by atoms with van der Waals surface area (Å²) in [6.45, 7) is 1.39. The molecular formula is C14H17N5O2. The van der Waals surface area contributed by atoms with Gasteiger partial charge < -0.3 is 15.1 Å². The van der Waals surface area contributed by atoms with Gasteiger partial charge in [0, 0.05) is 6.54 Å². The molecule has 2 heterocycles. The Balaban J connectivity index is 1.50. The average molecular weight is 287 g/mol. The van der Waals surface area contributed by atoms with Gasteiger partial charge in [-0.1, -0.05) is 35.4 Å². The fourth-order valence-electron chi connectivity index (χ4n) is 2.24. The van der Waals surface area contributed by atoms with Crippen LogP contribution in [0.1, 0.15) is 30.3 Å². The van der Waals surface area contributed by atoms with Crippen LogP contribution < -0.4 is 16.0 Å². The van der Waals surface area contributed by atoms with Gasteiger partial charge in [-0.2, -0.15) is 0 Å². The third-order valence-corrected chi connectivity index (χ3v) is 3.32. The van der Waals surface area contributed by atoms with Gasteiger partial charge in [0.1, 0.15) is 0 Å². The number of nitrogens with one attached hydrogen (secondary N) is 3. The highest BCUT2D eigenvalue weighted by molar-refractivity contribution is 5.86. The third kappa shape index (κ3) is 3.57. The summed E-state index contributed by atoms with van der Waals surface area (Å²) < 4.78 is 5.43. The fraction of sp³-hybridized carbons (Fsp3) is 0.357. The molecule has 1 atom stereocenters. The molecule has 1 unspecified atom stereocenters. The molecule has 1 aliphatic rings. The van der Waals surface area contributed by atoms with Crippen molar-refractivity contribution in [2.75, 3.05) is 11.9 Å². The number of benzene rings is 1. The van der Waals surface area contributed by atoms with Crippen molar-refractivity contribution in [2.24, 2.45) is 0 Å². The maximum absolute atomic E-state index is 11.8. The van der Waals surface area contributed by atoms with E-state index >= 15 is 0 Å². The van der Waals surface area contributed by atoms with Gasteiger partial charge in [0.25, 0.3) is 0 Å². The Labute approximate surface area is 122 Å². The van der Waals surface area contributed by atoms with E-state index in [1.54, 1.807) is 0 Å². The van der Waals surface area contributed by atoms with Gasteiger partial charge in [0.05, 0.1) is 6.04 Å². The molecule has 21 heavy (non-hydrogen) atoms. The molecular weight excluding hydrogens is 270 g/mol. The Kier molecular flexibility index (Phi) is 4.11. The second-order valence-corrected chi connectivity index (χ2v) is 4.89. The summed E-state index contributed by atoms with van der Waals surface area (Å²) in [5.74, 6) is 0.519. The van der Waals surface area contributed by atoms with Crippen molar-refractivity contribution in [3.63, 3.8) is 0 Å². The molecule has 0 radical (unpaired) electrons. The molecule has 0 aliphatic carbocycles. The van der Waals surface area contributed by atoms with Crippen LogP contribution in [0.2, 0.25) is 0 Å². The molecule has 0 bridgehead atoms. The zero-order valence-electron chi connectivity index (χ0n) is 11.5. The quantitative estimate of drug-likeness (QED) is 0.797. The van der Waals surface area contributed by atoms with Crippen LogP contribution in [0.15, 0.2) is 34.7 Å². The molecule has 3 rings (SSSR count). The number of hydrogen-bond acceptors (Lipinski definition) is 5. The number of urea groups is 1. The molecule has 1 saturated heterocycles. The zero-order valence-corrected chi connectivity index (χ0v) is 11.5. The van der Waals surface area contributed by atoms with Crippen LogP contribution in [0.5, 0.6) is 0 Å². The van der Waals surface area contributed by atoms with E-state index in [0.717, 1.165) is 24.9 Å². The van der Waals surface area contributed by atoms with Gasteiger partial charge in [-0.3, -0.25) is 5.32 Å². The predicted molar refractivity (Wildman–Crippen MR) is 76.6 cm³/mol. The van der Waals surface area contributed by atoms with E-state index in [-0.39, 0.29) is 18.1 Å². The lowest BCUT2D eigenvalue weighted by Gasteiger charge is -2.05. The van der Waals surface area contributed by atoms with Crippen LogP contribution in [0, 0.1) is 0 Å². The SMILES string of the molecule is O=C(NCc1ccccc1)Nc1nnc(C2CCCN2)o1. The molecule has 1 aromatic heterocycles. The Morgan fingerprint density at radius 2 is 2.19 bits per heavy atom. The van der Waals surface area contributed by atoms with E-state index in [1.807, 2.05) is 30.3 Å². The van der Waals surface area contributed by atoms with Crippen LogP contribution >= 0.6 is 0 Å². The van der Waals surface area contributed by atoms with Gasteiger partial charge in [-0.15, -0.1) is 5.10 Å². The lowest BCUT2D eigenvalue weighted by molar-refractivity contribution is 0.251. The van der Waals surface area contributed by atoms with Gasteiger partial charge in [0.2, 0.25) is 5.89 Å². The number of hydrogen-bond donors (Lipinski definition) is 3. The van der Waals surface area contributed by atoms with Crippen LogP contribution in [0.4, 0.5) is 10.8 Å². The second kappa shape index (κ2) is 6.36. The van der Waals surface area contributed by atoms with E-state index in [1.165, 1.54) is 0 Å². The Morgan fingerprint density at radius 3 is 2.95 bits per heavy atom. The Bertz CT molecular complexity index is 592. The number of nitrogens with zero attached hydrogens (tertiary/aromatic N) is 2. The van der Waals surface area contributed by atoms with Crippen molar-refractivity contribution in [1.29, 1.82) is 0 Å². The maximum Gasteiger partial charge on any atom is 0.323 e. The predicted octanol–water partition coefficient (Wildman–Crippen LogP) is 1.82. The molecule has 7 heteroatoms. The van der Waals surface area contributed by atoms with E-state index in [4.69, 9.17) is 4.42 Å². The number of carbonyl (C=O) groups excluding carboxylic acids is 1. The molecule has 2 aromatic rings. The van der Waals surface area contributed by atoms with Gasteiger partial charge in [-0.05, 0) is 24.9 Å². The summed E-state index contributed by atoms with van der Waals surface area (Å²) in [7, 11) is 0. The number of rotatable bonds is 4. The largest absolute Gasteiger partial charge is 0.406 e. The van der Waals surface area contributed by atoms with Crippen molar-refractivity contribution in [2.45, 2.75) is 25.4 Å². The summed E-state index contributed by atoms with van der Waals surface area (Å²) in [6.07, 6.45) is 2.06. The van der Waals surface area contributed by atoms with Crippen molar-refractivity contribution in [1.82, 2.24) is 20.8 Å². The van der Waals surface area contributed by atoms with Crippen molar-refractivity contribution in [3.8, 4) is 0 Å². The van der Waals surface area contributed by atoms with Crippen LogP contribution in [0.3, 0.4) is 0 Å². The van der Waals surface area contributed by atoms with Gasteiger partial charge in [0.15, 0.2) is 0 Å². The summed E-state index contributed by atoms with van der Waals surface area (Å²) >= 11 is 0. The molecule has 3 N–H and O–H groups in total. The van der Waals surface area contributed by atoms with Crippen molar-refractivity contribution >= 4 is 12.0 Å². The summed E-state index contributed by atoms with van der Waals surface area (Å²) in [5.41, 5.74) is 1.02. The van der Waals surface area contributed by atoms with Crippen LogP contribution in [-0.2, 0) is 6.54 Å². The van der Waals surface area contributed by atoms with Crippen LogP contribution in [-0.4, -0.2) is 22.8 Å². The smallest absolute Gasteiger partial charge is 0.323 e. The first-order chi connectivity index (χ1) is 10.3. The molecule has 1 aliphatic heterocycles. The van der Waals surface area contributed by atoms with Gasteiger partial charge >= 0.3 is 12.0 Å². The lowest BCUT2D eigenvalue weighted by Crippen LogP contribution is -2.28. The first-order valence-corrected chi connectivity index (χ1v) is 6.97. The number of anilines is 1. The minimum atomic E-state index is -0.367. The monoisotopic (exact) mass is 287 g/mol. The maximum atomic E-state index is 11.8. The van der Waals surface area contributed by atoms with E-state index < -0.39 is 0 Å². The number of amides is 2. The molecule has 0 spiro atoms. The Morgan fingerprint density at radius 1 is 1.33 bits per heavy atom. The lowest BCUT2D eigenvalue weighted by atomic mass is 10.2. The van der Waals surface area contributed by atoms with E-state index in [0.29, 0.717) is 12.4 Å². The molecule has 2 amide bonds. The summed E-state index contributed by atoms with van der Waals surface area (Å²) in [6, 6.07) is 9.51. The third-order valence-electron chi connectivity index (χ3n) is 3.32. The standard InChI is InChI=1S/C14H17N5O2/c20-13(16-9-10-5-2-1-3-6-10)17-14-19-18-12(21-14)11-7-4-8-15-11/h1-3,5-6,11,15H,4,7-9H2,(H2,16,17,19,20). The minimum Gasteiger partial charge on any atom is -0.406 e. The Hall–Kier alpha value is -2.41. The van der Waals surface area contributed by atoms with Gasteiger partial charge in [-0.25, -0.2) is 4.79 Å². The summed E-state index contributed by atoms with van der Waals surface area (Å²) in [5, 5.41) is 16.3. The van der Waals surface area contributed by atoms with Crippen molar-refractivity contribution in [3.05, 3.63) is 41.8 Å². The summed E-state index contributed by atoms with van der Waals surface area (Å²) in [4.78, 5) is 11.8. The molecule has 110 valence electrons. The first kappa shape index (κ1) is 13.6. The molecule has 0 saturated carbocycles. The van der Waals surface area contributed by atoms with Crippen LogP contribution in [0.25, 0.3) is 0 Å². The molecule has 7 nitrogen and oxygen atoms in total. The second-order valence-electron chi connectivity index (χ2n) is 4.89. The number of aromatic nitrogens is 2.